The van der Waals surface area contributed by atoms with Gasteiger partial charge in [0.05, 0.1) is 30.8 Å². The Morgan fingerprint density at radius 1 is 1.10 bits per heavy atom. The fourth-order valence-corrected chi connectivity index (χ4v) is 3.91. The van der Waals surface area contributed by atoms with Crippen LogP contribution in [0.5, 0.6) is 5.75 Å². The number of hydrogen-bond donors (Lipinski definition) is 2. The molecule has 0 unspecified atom stereocenters. The minimum Gasteiger partial charge on any atom is -0.495 e. The van der Waals surface area contributed by atoms with Crippen LogP contribution in [0.3, 0.4) is 0 Å². The van der Waals surface area contributed by atoms with Crippen molar-refractivity contribution in [2.45, 2.75) is 6.92 Å². The van der Waals surface area contributed by atoms with Crippen molar-refractivity contribution in [1.29, 1.82) is 0 Å². The Kier molecular flexibility index (Phi) is 7.42. The molecule has 30 heavy (non-hydrogen) atoms. The van der Waals surface area contributed by atoms with E-state index in [1.807, 2.05) is 46.4 Å². The molecule has 0 spiro atoms. The van der Waals surface area contributed by atoms with E-state index in [9.17, 15) is 14.4 Å². The lowest BCUT2D eigenvalue weighted by Gasteiger charge is -2.34. The summed E-state index contributed by atoms with van der Waals surface area (Å²) in [5.41, 5.74) is 1.56. The molecule has 2 heterocycles. The van der Waals surface area contributed by atoms with Crippen molar-refractivity contribution < 1.29 is 19.1 Å². The van der Waals surface area contributed by atoms with Crippen molar-refractivity contribution in [3.63, 3.8) is 0 Å². The fourth-order valence-electron chi connectivity index (χ4n) is 3.22. The van der Waals surface area contributed by atoms with Crippen LogP contribution in [0.25, 0.3) is 0 Å². The number of anilines is 1. The molecule has 3 rings (SSSR count). The SMILES string of the molecule is COc1ccc(C)cc1NC(=O)CNC(=O)CN1CCN(C(=O)c2cccs2)CC1. The number of ether oxygens (including phenoxy) is 1. The number of hydrogen-bond acceptors (Lipinski definition) is 6. The maximum atomic E-state index is 12.4. The number of carbonyl (C=O) groups is 3. The Morgan fingerprint density at radius 2 is 1.87 bits per heavy atom. The van der Waals surface area contributed by atoms with E-state index < -0.39 is 0 Å². The molecule has 3 amide bonds. The van der Waals surface area contributed by atoms with Crippen LogP contribution < -0.4 is 15.4 Å². The molecule has 9 heteroatoms. The van der Waals surface area contributed by atoms with Crippen LogP contribution in [-0.2, 0) is 9.59 Å². The average molecular weight is 431 g/mol. The summed E-state index contributed by atoms with van der Waals surface area (Å²) in [5, 5.41) is 7.29. The number of amides is 3. The first-order valence-corrected chi connectivity index (χ1v) is 10.6. The van der Waals surface area contributed by atoms with Gasteiger partial charge in [-0.15, -0.1) is 11.3 Å². The van der Waals surface area contributed by atoms with Gasteiger partial charge in [0.1, 0.15) is 5.75 Å². The van der Waals surface area contributed by atoms with Gasteiger partial charge in [-0.3, -0.25) is 19.3 Å². The van der Waals surface area contributed by atoms with Crippen LogP contribution >= 0.6 is 11.3 Å². The Hall–Kier alpha value is -2.91. The Balaban J connectivity index is 1.39. The minimum atomic E-state index is -0.321. The summed E-state index contributed by atoms with van der Waals surface area (Å²) in [5.74, 6) is 0.0607. The lowest BCUT2D eigenvalue weighted by atomic mass is 10.2. The van der Waals surface area contributed by atoms with Crippen molar-refractivity contribution in [2.75, 3.05) is 51.7 Å². The van der Waals surface area contributed by atoms with Crippen LogP contribution in [0.1, 0.15) is 15.2 Å². The number of methoxy groups -OCH3 is 1. The highest BCUT2D eigenvalue weighted by molar-refractivity contribution is 7.12. The van der Waals surface area contributed by atoms with Gasteiger partial charge < -0.3 is 20.3 Å². The lowest BCUT2D eigenvalue weighted by Crippen LogP contribution is -2.51. The van der Waals surface area contributed by atoms with Gasteiger partial charge >= 0.3 is 0 Å². The highest BCUT2D eigenvalue weighted by Gasteiger charge is 2.23. The highest BCUT2D eigenvalue weighted by atomic mass is 32.1. The monoisotopic (exact) mass is 430 g/mol. The standard InChI is InChI=1S/C21H26N4O4S/c1-15-5-6-17(29-2)16(12-15)23-19(26)13-22-20(27)14-24-7-9-25(10-8-24)21(28)18-4-3-11-30-18/h3-6,11-12H,7-10,13-14H2,1-2H3,(H,22,27)(H,23,26). The molecular weight excluding hydrogens is 404 g/mol. The Labute approximate surface area is 179 Å². The third kappa shape index (κ3) is 5.80. The average Bonchev–Trinajstić information content (AvgIpc) is 3.27. The molecule has 1 aliphatic rings. The van der Waals surface area contributed by atoms with Gasteiger partial charge in [0.2, 0.25) is 11.8 Å². The number of benzene rings is 1. The summed E-state index contributed by atoms with van der Waals surface area (Å²) < 4.78 is 5.24. The summed E-state index contributed by atoms with van der Waals surface area (Å²) in [6, 6.07) is 9.18. The van der Waals surface area contributed by atoms with Gasteiger partial charge in [0, 0.05) is 26.2 Å². The van der Waals surface area contributed by atoms with Crippen LogP contribution in [0.4, 0.5) is 5.69 Å². The molecule has 1 aromatic carbocycles. The number of aryl methyl sites for hydroxylation is 1. The second kappa shape index (κ2) is 10.2. The quantitative estimate of drug-likeness (QED) is 0.696. The van der Waals surface area contributed by atoms with E-state index in [1.54, 1.807) is 6.07 Å². The molecule has 1 aliphatic heterocycles. The predicted molar refractivity (Wildman–Crippen MR) is 116 cm³/mol. The van der Waals surface area contributed by atoms with Crippen molar-refractivity contribution >= 4 is 34.7 Å². The van der Waals surface area contributed by atoms with Crippen LogP contribution in [0.15, 0.2) is 35.7 Å². The summed E-state index contributed by atoms with van der Waals surface area (Å²) in [4.78, 5) is 41.3. The molecule has 160 valence electrons. The number of piperazine rings is 1. The number of nitrogens with one attached hydrogen (secondary N) is 2. The molecule has 0 bridgehead atoms. The van der Waals surface area contributed by atoms with Gasteiger partial charge in [-0.2, -0.15) is 0 Å². The smallest absolute Gasteiger partial charge is 0.264 e. The molecule has 1 saturated heterocycles. The molecule has 1 fully saturated rings. The van der Waals surface area contributed by atoms with Crippen LogP contribution in [0.2, 0.25) is 0 Å². The molecule has 2 N–H and O–H groups in total. The van der Waals surface area contributed by atoms with E-state index >= 15 is 0 Å². The molecule has 2 aromatic rings. The number of nitrogens with zero attached hydrogens (tertiary/aromatic N) is 2. The zero-order chi connectivity index (χ0) is 21.5. The van der Waals surface area contributed by atoms with Crippen molar-refractivity contribution in [3.05, 3.63) is 46.2 Å². The molecular formula is C21H26N4O4S. The largest absolute Gasteiger partial charge is 0.495 e. The first-order chi connectivity index (χ1) is 14.5. The van der Waals surface area contributed by atoms with Gasteiger partial charge in [0.15, 0.2) is 0 Å². The second-order valence-corrected chi connectivity index (χ2v) is 8.02. The molecule has 0 saturated carbocycles. The predicted octanol–water partition coefficient (Wildman–Crippen LogP) is 1.58. The highest BCUT2D eigenvalue weighted by Crippen LogP contribution is 2.24. The van der Waals surface area contributed by atoms with E-state index in [0.29, 0.717) is 37.6 Å². The van der Waals surface area contributed by atoms with Crippen LogP contribution in [0, 0.1) is 6.92 Å². The molecule has 1 aromatic heterocycles. The maximum Gasteiger partial charge on any atom is 0.264 e. The Morgan fingerprint density at radius 3 is 2.53 bits per heavy atom. The van der Waals surface area contributed by atoms with Crippen molar-refractivity contribution in [1.82, 2.24) is 15.1 Å². The zero-order valence-electron chi connectivity index (χ0n) is 17.1. The van der Waals surface area contributed by atoms with E-state index in [0.717, 1.165) is 10.4 Å². The van der Waals surface area contributed by atoms with Gasteiger partial charge in [0.25, 0.3) is 5.91 Å². The first kappa shape index (κ1) is 21.8. The first-order valence-electron chi connectivity index (χ1n) is 9.72. The molecule has 0 atom stereocenters. The number of thiophene rings is 1. The lowest BCUT2D eigenvalue weighted by molar-refractivity contribution is -0.125. The van der Waals surface area contributed by atoms with E-state index in [1.165, 1.54) is 18.4 Å². The third-order valence-corrected chi connectivity index (χ3v) is 5.69. The summed E-state index contributed by atoms with van der Waals surface area (Å²) in [7, 11) is 1.54. The number of rotatable bonds is 7. The fraction of sp³-hybridized carbons (Fsp3) is 0.381. The summed E-state index contributed by atoms with van der Waals surface area (Å²) >= 11 is 1.43. The number of carbonyl (C=O) groups excluding carboxylic acids is 3. The van der Waals surface area contributed by atoms with Gasteiger partial charge in [-0.25, -0.2) is 0 Å². The van der Waals surface area contributed by atoms with E-state index in [4.69, 9.17) is 4.74 Å². The van der Waals surface area contributed by atoms with Crippen molar-refractivity contribution in [3.8, 4) is 5.75 Å². The molecule has 8 nitrogen and oxygen atoms in total. The maximum absolute atomic E-state index is 12.4. The van der Waals surface area contributed by atoms with Gasteiger partial charge in [-0.05, 0) is 36.1 Å². The minimum absolute atomic E-state index is 0.0392. The Bertz CT molecular complexity index is 892. The normalized spacial score (nSPS) is 14.3. The summed E-state index contributed by atoms with van der Waals surface area (Å²) in [6.45, 7) is 4.41. The molecule has 0 radical (unpaired) electrons. The van der Waals surface area contributed by atoms with Crippen molar-refractivity contribution in [2.24, 2.45) is 0 Å². The third-order valence-electron chi connectivity index (χ3n) is 4.83. The topological polar surface area (TPSA) is 91.0 Å². The second-order valence-electron chi connectivity index (χ2n) is 7.07. The summed E-state index contributed by atoms with van der Waals surface area (Å²) in [6.07, 6.45) is 0. The molecule has 0 aliphatic carbocycles. The van der Waals surface area contributed by atoms with E-state index in [-0.39, 0.29) is 30.8 Å². The van der Waals surface area contributed by atoms with E-state index in [2.05, 4.69) is 10.6 Å². The van der Waals surface area contributed by atoms with Crippen LogP contribution in [-0.4, -0.2) is 73.9 Å². The van der Waals surface area contributed by atoms with Gasteiger partial charge in [-0.1, -0.05) is 12.1 Å². The zero-order valence-corrected chi connectivity index (χ0v) is 18.0.